The van der Waals surface area contributed by atoms with Crippen molar-refractivity contribution in [3.63, 3.8) is 0 Å². The van der Waals surface area contributed by atoms with Crippen LogP contribution in [0.5, 0.6) is 11.5 Å². The van der Waals surface area contributed by atoms with E-state index in [2.05, 4.69) is 21.2 Å². The minimum absolute atomic E-state index is 0.105. The van der Waals surface area contributed by atoms with Gasteiger partial charge < -0.3 is 19.5 Å². The number of aliphatic hydroxyl groups excluding tert-OH is 1. The van der Waals surface area contributed by atoms with Gasteiger partial charge in [0.1, 0.15) is 18.1 Å². The lowest BCUT2D eigenvalue weighted by Crippen LogP contribution is -2.28. The minimum Gasteiger partial charge on any atom is -0.481 e. The number of aryl methyl sites for hydroxylation is 1. The second kappa shape index (κ2) is 13.1. The van der Waals surface area contributed by atoms with E-state index in [1.54, 1.807) is 24.3 Å². The fourth-order valence-corrected chi connectivity index (χ4v) is 3.81. The van der Waals surface area contributed by atoms with Crippen LogP contribution in [0.2, 0.25) is 5.02 Å². The topological polar surface area (TPSA) is 90.4 Å². The quantitative estimate of drug-likeness (QED) is 0.200. The van der Waals surface area contributed by atoms with E-state index in [0.717, 1.165) is 16.9 Å². The van der Waals surface area contributed by atoms with Crippen LogP contribution in [0.1, 0.15) is 12.0 Å². The zero-order chi connectivity index (χ0) is 26.7. The van der Waals surface area contributed by atoms with Gasteiger partial charge >= 0.3 is 0 Å². The Morgan fingerprint density at radius 2 is 1.63 bits per heavy atom. The van der Waals surface area contributed by atoms with Gasteiger partial charge in [-0.3, -0.25) is 0 Å². The Morgan fingerprint density at radius 3 is 2.29 bits per heavy atom. The van der Waals surface area contributed by atoms with Gasteiger partial charge in [0.15, 0.2) is 0 Å². The van der Waals surface area contributed by atoms with E-state index in [9.17, 15) is 5.11 Å². The molecule has 38 heavy (non-hydrogen) atoms. The number of hydrogen-bond acceptors (Lipinski definition) is 7. The molecule has 0 saturated carbocycles. The van der Waals surface area contributed by atoms with Crippen LogP contribution in [0.25, 0.3) is 0 Å². The van der Waals surface area contributed by atoms with Crippen LogP contribution in [-0.2, 0) is 4.74 Å². The molecular weight excluding hydrogens is 500 g/mol. The van der Waals surface area contributed by atoms with Gasteiger partial charge in [0.25, 0.3) is 5.95 Å². The number of halogens is 1. The molecule has 0 unspecified atom stereocenters. The molecule has 4 rings (SSSR count). The first-order chi connectivity index (χ1) is 18.5. The number of nitrogens with zero attached hydrogens (tertiary/aromatic N) is 4. The number of nitriles is 1. The molecule has 1 aliphatic rings. The third kappa shape index (κ3) is 7.48. The minimum atomic E-state index is -0.105. The van der Waals surface area contributed by atoms with E-state index in [-0.39, 0.29) is 12.6 Å². The van der Waals surface area contributed by atoms with Crippen molar-refractivity contribution in [1.82, 2.24) is 0 Å². The summed E-state index contributed by atoms with van der Waals surface area (Å²) in [7, 11) is 0. The molecule has 0 aliphatic heterocycles. The van der Waals surface area contributed by atoms with Gasteiger partial charge in [-0.15, -0.1) is 0 Å². The standard InChI is InChI=1S/C30H27ClN4O3/c1-22-21-26(35(18-4-17-32)19-20-37-30(36)23-5-2-3-6-23)11-16-29(22)34-33-25-9-14-28(15-10-25)38-27-12-7-24(31)8-13-27/h2-3,5-16,21,36H,4,18-20H2,1H3. The van der Waals surface area contributed by atoms with Crippen molar-refractivity contribution >= 4 is 28.7 Å². The summed E-state index contributed by atoms with van der Waals surface area (Å²) < 4.78 is 11.3. The van der Waals surface area contributed by atoms with E-state index in [0.29, 0.717) is 47.3 Å². The monoisotopic (exact) mass is 526 g/mol. The Kier molecular flexibility index (Phi) is 9.17. The Morgan fingerprint density at radius 1 is 0.947 bits per heavy atom. The maximum absolute atomic E-state index is 10.1. The van der Waals surface area contributed by atoms with Crippen LogP contribution in [0.15, 0.2) is 113 Å². The summed E-state index contributed by atoms with van der Waals surface area (Å²) in [6.07, 6.45) is 7.60. The number of ether oxygens (including phenoxy) is 2. The Hall–Kier alpha value is -4.54. The van der Waals surface area contributed by atoms with E-state index < -0.39 is 0 Å². The average Bonchev–Trinajstić information content (AvgIpc) is 3.47. The largest absolute Gasteiger partial charge is 0.481 e. The molecule has 7 nitrogen and oxygen atoms in total. The molecule has 8 heteroatoms. The molecule has 0 fully saturated rings. The van der Waals surface area contributed by atoms with Crippen molar-refractivity contribution in [1.29, 1.82) is 5.26 Å². The lowest BCUT2D eigenvalue weighted by Gasteiger charge is -2.24. The van der Waals surface area contributed by atoms with Crippen LogP contribution in [-0.4, -0.2) is 24.8 Å². The predicted octanol–water partition coefficient (Wildman–Crippen LogP) is 8.49. The van der Waals surface area contributed by atoms with E-state index in [4.69, 9.17) is 26.3 Å². The Bertz CT molecular complexity index is 1390. The average molecular weight is 527 g/mol. The molecule has 0 radical (unpaired) electrons. The van der Waals surface area contributed by atoms with Crippen LogP contribution in [0.3, 0.4) is 0 Å². The van der Waals surface area contributed by atoms with Gasteiger partial charge in [0, 0.05) is 17.3 Å². The summed E-state index contributed by atoms with van der Waals surface area (Å²) in [6.45, 7) is 3.30. The molecule has 1 N–H and O–H groups in total. The van der Waals surface area contributed by atoms with E-state index in [1.807, 2.05) is 73.7 Å². The maximum Gasteiger partial charge on any atom is 0.284 e. The number of benzene rings is 3. The molecule has 0 saturated heterocycles. The van der Waals surface area contributed by atoms with Gasteiger partial charge in [-0.05, 0) is 91.4 Å². The van der Waals surface area contributed by atoms with Gasteiger partial charge in [-0.1, -0.05) is 23.8 Å². The van der Waals surface area contributed by atoms with Crippen molar-refractivity contribution in [2.45, 2.75) is 13.3 Å². The highest BCUT2D eigenvalue weighted by molar-refractivity contribution is 6.30. The highest BCUT2D eigenvalue weighted by Gasteiger charge is 2.10. The first-order valence-electron chi connectivity index (χ1n) is 12.1. The number of anilines is 1. The van der Waals surface area contributed by atoms with Crippen LogP contribution in [0.4, 0.5) is 17.1 Å². The fourth-order valence-electron chi connectivity index (χ4n) is 3.69. The number of allylic oxidation sites excluding steroid dienone is 5. The van der Waals surface area contributed by atoms with Crippen LogP contribution >= 0.6 is 11.6 Å². The molecule has 0 aromatic heterocycles. The molecular formula is C30H27ClN4O3. The first-order valence-corrected chi connectivity index (χ1v) is 12.5. The summed E-state index contributed by atoms with van der Waals surface area (Å²) in [5.41, 5.74) is 3.97. The third-order valence-corrected chi connectivity index (χ3v) is 5.96. The first kappa shape index (κ1) is 26.5. The molecule has 0 amide bonds. The summed E-state index contributed by atoms with van der Waals surface area (Å²) in [4.78, 5) is 2.05. The number of rotatable bonds is 11. The van der Waals surface area contributed by atoms with Crippen molar-refractivity contribution in [3.05, 3.63) is 113 Å². The Balaban J connectivity index is 1.38. The van der Waals surface area contributed by atoms with Gasteiger partial charge in [-0.2, -0.15) is 15.5 Å². The number of azo groups is 1. The Labute approximate surface area is 227 Å². The number of hydrogen-bond donors (Lipinski definition) is 1. The van der Waals surface area contributed by atoms with Crippen molar-refractivity contribution in [3.8, 4) is 17.6 Å². The molecule has 0 spiro atoms. The van der Waals surface area contributed by atoms with Gasteiger partial charge in [0.2, 0.25) is 0 Å². The smallest absolute Gasteiger partial charge is 0.284 e. The summed E-state index contributed by atoms with van der Waals surface area (Å²) in [5.74, 6) is 1.28. The lowest BCUT2D eigenvalue weighted by molar-refractivity contribution is 0.0954. The second-order valence-electron chi connectivity index (χ2n) is 8.44. The summed E-state index contributed by atoms with van der Waals surface area (Å²) >= 11 is 5.92. The SMILES string of the molecule is Cc1cc(N(CCC#N)CCOC(O)=C2C=CC=C2)ccc1N=Nc1ccc(Oc2ccc(Cl)cc2)cc1. The van der Waals surface area contributed by atoms with Crippen LogP contribution < -0.4 is 9.64 Å². The van der Waals surface area contributed by atoms with Crippen molar-refractivity contribution in [2.75, 3.05) is 24.6 Å². The lowest BCUT2D eigenvalue weighted by atomic mass is 10.1. The number of aliphatic hydroxyl groups is 1. The third-order valence-electron chi connectivity index (χ3n) is 5.71. The normalized spacial score (nSPS) is 12.1. The molecule has 1 aliphatic carbocycles. The van der Waals surface area contributed by atoms with Crippen molar-refractivity contribution in [2.24, 2.45) is 10.2 Å². The van der Waals surface area contributed by atoms with Gasteiger partial charge in [-0.25, -0.2) is 0 Å². The molecule has 0 atom stereocenters. The molecule has 192 valence electrons. The highest BCUT2D eigenvalue weighted by atomic mass is 35.5. The second-order valence-corrected chi connectivity index (χ2v) is 8.88. The zero-order valence-electron chi connectivity index (χ0n) is 20.9. The van der Waals surface area contributed by atoms with E-state index in [1.165, 1.54) is 0 Å². The highest BCUT2D eigenvalue weighted by Crippen LogP contribution is 2.29. The maximum atomic E-state index is 10.1. The molecule has 3 aromatic rings. The fraction of sp³-hybridized carbons (Fsp3) is 0.167. The molecule has 0 heterocycles. The zero-order valence-corrected chi connectivity index (χ0v) is 21.7. The molecule has 3 aromatic carbocycles. The van der Waals surface area contributed by atoms with E-state index >= 15 is 0 Å². The summed E-state index contributed by atoms with van der Waals surface area (Å²) in [6, 6.07) is 22.6. The molecule has 0 bridgehead atoms. The summed E-state index contributed by atoms with van der Waals surface area (Å²) in [5, 5.41) is 28.6. The van der Waals surface area contributed by atoms with Crippen LogP contribution in [0, 0.1) is 18.3 Å². The van der Waals surface area contributed by atoms with Gasteiger partial charge in [0.05, 0.1) is 36.0 Å². The van der Waals surface area contributed by atoms with Crippen molar-refractivity contribution < 1.29 is 14.6 Å². The predicted molar refractivity (Wildman–Crippen MR) is 150 cm³/mol.